The summed E-state index contributed by atoms with van der Waals surface area (Å²) in [5.41, 5.74) is 3.96. The van der Waals surface area contributed by atoms with Gasteiger partial charge in [0.1, 0.15) is 0 Å². The van der Waals surface area contributed by atoms with Crippen molar-refractivity contribution in [3.8, 4) is 0 Å². The van der Waals surface area contributed by atoms with Gasteiger partial charge >= 0.3 is 0 Å². The first-order chi connectivity index (χ1) is 9.28. The minimum absolute atomic E-state index is 0.923. The SMILES string of the molecule is CCCNCc1ccc(CN2CC=C(C)CC2)nc1. The predicted octanol–water partition coefficient (Wildman–Crippen LogP) is 2.73. The highest BCUT2D eigenvalue weighted by Crippen LogP contribution is 2.12. The lowest BCUT2D eigenvalue weighted by Gasteiger charge is -2.24. The zero-order chi connectivity index (χ0) is 13.5. The molecule has 0 bridgehead atoms. The third kappa shape index (κ3) is 4.77. The summed E-state index contributed by atoms with van der Waals surface area (Å²) >= 11 is 0. The van der Waals surface area contributed by atoms with Gasteiger partial charge < -0.3 is 5.32 Å². The molecular weight excluding hydrogens is 234 g/mol. The fraction of sp³-hybridized carbons (Fsp3) is 0.562. The third-order valence-electron chi connectivity index (χ3n) is 3.55. The number of rotatable bonds is 6. The van der Waals surface area contributed by atoms with Crippen molar-refractivity contribution in [1.82, 2.24) is 15.2 Å². The fourth-order valence-electron chi connectivity index (χ4n) is 2.25. The summed E-state index contributed by atoms with van der Waals surface area (Å²) in [5, 5.41) is 3.40. The molecule has 0 unspecified atom stereocenters. The van der Waals surface area contributed by atoms with E-state index in [1.165, 1.54) is 29.7 Å². The summed E-state index contributed by atoms with van der Waals surface area (Å²) in [6.07, 6.45) is 6.70. The van der Waals surface area contributed by atoms with Crippen LogP contribution >= 0.6 is 0 Å². The first-order valence-corrected chi connectivity index (χ1v) is 7.30. The first kappa shape index (κ1) is 14.2. The molecule has 0 aliphatic carbocycles. The molecule has 0 saturated heterocycles. The Labute approximate surface area is 116 Å². The van der Waals surface area contributed by atoms with Gasteiger partial charge in [-0.1, -0.05) is 24.6 Å². The summed E-state index contributed by atoms with van der Waals surface area (Å²) in [6, 6.07) is 4.35. The van der Waals surface area contributed by atoms with E-state index in [9.17, 15) is 0 Å². The first-order valence-electron chi connectivity index (χ1n) is 7.30. The minimum atomic E-state index is 0.923. The Morgan fingerprint density at radius 2 is 2.26 bits per heavy atom. The number of hydrogen-bond donors (Lipinski definition) is 1. The van der Waals surface area contributed by atoms with Crippen LogP contribution in [-0.4, -0.2) is 29.5 Å². The smallest absolute Gasteiger partial charge is 0.0544 e. The lowest BCUT2D eigenvalue weighted by Crippen LogP contribution is -2.28. The van der Waals surface area contributed by atoms with Gasteiger partial charge in [-0.15, -0.1) is 0 Å². The van der Waals surface area contributed by atoms with E-state index >= 15 is 0 Å². The Hall–Kier alpha value is -1.19. The highest BCUT2D eigenvalue weighted by molar-refractivity contribution is 5.14. The van der Waals surface area contributed by atoms with Crippen molar-refractivity contribution < 1.29 is 0 Å². The van der Waals surface area contributed by atoms with Crippen molar-refractivity contribution in [3.63, 3.8) is 0 Å². The monoisotopic (exact) mass is 259 g/mol. The Balaban J connectivity index is 1.81. The van der Waals surface area contributed by atoms with Crippen LogP contribution in [0.3, 0.4) is 0 Å². The zero-order valence-corrected chi connectivity index (χ0v) is 12.2. The number of aromatic nitrogens is 1. The molecule has 1 aliphatic heterocycles. The second-order valence-electron chi connectivity index (χ2n) is 5.37. The average molecular weight is 259 g/mol. The molecule has 0 spiro atoms. The Bertz CT molecular complexity index is 409. The van der Waals surface area contributed by atoms with Crippen molar-refractivity contribution in [3.05, 3.63) is 41.2 Å². The lowest BCUT2D eigenvalue weighted by atomic mass is 10.1. The highest BCUT2D eigenvalue weighted by Gasteiger charge is 2.10. The van der Waals surface area contributed by atoms with Crippen molar-refractivity contribution in [2.75, 3.05) is 19.6 Å². The third-order valence-corrected chi connectivity index (χ3v) is 3.55. The van der Waals surface area contributed by atoms with Gasteiger partial charge in [-0.05, 0) is 37.9 Å². The largest absolute Gasteiger partial charge is 0.313 e. The van der Waals surface area contributed by atoms with Crippen molar-refractivity contribution >= 4 is 0 Å². The molecule has 2 rings (SSSR count). The summed E-state index contributed by atoms with van der Waals surface area (Å²) in [4.78, 5) is 7.02. The molecule has 1 aromatic rings. The van der Waals surface area contributed by atoms with E-state index in [0.29, 0.717) is 0 Å². The second-order valence-corrected chi connectivity index (χ2v) is 5.37. The normalized spacial score (nSPS) is 16.4. The Morgan fingerprint density at radius 1 is 1.37 bits per heavy atom. The van der Waals surface area contributed by atoms with Crippen LogP contribution in [0.1, 0.15) is 37.9 Å². The molecule has 2 heterocycles. The quantitative estimate of drug-likeness (QED) is 0.629. The molecule has 0 fully saturated rings. The second kappa shape index (κ2) is 7.41. The van der Waals surface area contributed by atoms with E-state index in [1.807, 2.05) is 6.20 Å². The fourth-order valence-corrected chi connectivity index (χ4v) is 2.25. The van der Waals surface area contributed by atoms with Crippen molar-refractivity contribution in [1.29, 1.82) is 0 Å². The standard InChI is InChI=1S/C16H25N3/c1-3-8-17-11-15-4-5-16(18-12-15)13-19-9-6-14(2)7-10-19/h4-6,12,17H,3,7-11,13H2,1-2H3. The number of nitrogens with zero attached hydrogens (tertiary/aromatic N) is 2. The Kier molecular flexibility index (Phi) is 5.55. The molecule has 3 heteroatoms. The molecule has 3 nitrogen and oxygen atoms in total. The van der Waals surface area contributed by atoms with E-state index in [1.54, 1.807) is 0 Å². The molecule has 0 radical (unpaired) electrons. The lowest BCUT2D eigenvalue weighted by molar-refractivity contribution is 0.282. The van der Waals surface area contributed by atoms with Gasteiger partial charge in [-0.25, -0.2) is 0 Å². The molecule has 19 heavy (non-hydrogen) atoms. The average Bonchev–Trinajstić information content (AvgIpc) is 2.44. The van der Waals surface area contributed by atoms with E-state index in [0.717, 1.165) is 32.7 Å². The van der Waals surface area contributed by atoms with Crippen LogP contribution in [0.25, 0.3) is 0 Å². The van der Waals surface area contributed by atoms with Gasteiger partial charge in [0.15, 0.2) is 0 Å². The van der Waals surface area contributed by atoms with Gasteiger partial charge in [0.25, 0.3) is 0 Å². The number of pyridine rings is 1. The molecule has 0 amide bonds. The Morgan fingerprint density at radius 3 is 2.89 bits per heavy atom. The zero-order valence-electron chi connectivity index (χ0n) is 12.2. The molecule has 0 saturated carbocycles. The van der Waals surface area contributed by atoms with E-state index in [4.69, 9.17) is 0 Å². The molecule has 0 atom stereocenters. The van der Waals surface area contributed by atoms with Crippen LogP contribution in [0.4, 0.5) is 0 Å². The van der Waals surface area contributed by atoms with E-state index in [2.05, 4.69) is 47.3 Å². The van der Waals surface area contributed by atoms with Gasteiger partial charge in [-0.2, -0.15) is 0 Å². The highest BCUT2D eigenvalue weighted by atomic mass is 15.1. The maximum Gasteiger partial charge on any atom is 0.0544 e. The van der Waals surface area contributed by atoms with Crippen LogP contribution in [0, 0.1) is 0 Å². The van der Waals surface area contributed by atoms with Gasteiger partial charge in [0.2, 0.25) is 0 Å². The molecule has 0 aromatic carbocycles. The van der Waals surface area contributed by atoms with Crippen LogP contribution in [0.15, 0.2) is 30.0 Å². The van der Waals surface area contributed by atoms with Crippen molar-refractivity contribution in [2.45, 2.75) is 39.8 Å². The van der Waals surface area contributed by atoms with Gasteiger partial charge in [0, 0.05) is 32.4 Å². The van der Waals surface area contributed by atoms with Gasteiger partial charge in [-0.3, -0.25) is 9.88 Å². The topological polar surface area (TPSA) is 28.2 Å². The van der Waals surface area contributed by atoms with Crippen LogP contribution in [-0.2, 0) is 13.1 Å². The van der Waals surface area contributed by atoms with E-state index < -0.39 is 0 Å². The van der Waals surface area contributed by atoms with Crippen LogP contribution < -0.4 is 5.32 Å². The molecule has 1 aliphatic rings. The number of hydrogen-bond acceptors (Lipinski definition) is 3. The number of nitrogens with one attached hydrogen (secondary N) is 1. The van der Waals surface area contributed by atoms with Crippen LogP contribution in [0.2, 0.25) is 0 Å². The summed E-state index contributed by atoms with van der Waals surface area (Å²) < 4.78 is 0. The van der Waals surface area contributed by atoms with E-state index in [-0.39, 0.29) is 0 Å². The predicted molar refractivity (Wildman–Crippen MR) is 79.9 cm³/mol. The minimum Gasteiger partial charge on any atom is -0.313 e. The summed E-state index contributed by atoms with van der Waals surface area (Å²) in [5.74, 6) is 0. The molecule has 1 aromatic heterocycles. The molecule has 104 valence electrons. The molecular formula is C16H25N3. The maximum atomic E-state index is 4.57. The summed E-state index contributed by atoms with van der Waals surface area (Å²) in [6.45, 7) is 9.58. The maximum absolute atomic E-state index is 4.57. The van der Waals surface area contributed by atoms with Gasteiger partial charge in [0.05, 0.1) is 5.69 Å². The van der Waals surface area contributed by atoms with Crippen LogP contribution in [0.5, 0.6) is 0 Å². The van der Waals surface area contributed by atoms with Crippen molar-refractivity contribution in [2.24, 2.45) is 0 Å². The molecule has 1 N–H and O–H groups in total. The summed E-state index contributed by atoms with van der Waals surface area (Å²) in [7, 11) is 0.